The fraction of sp³-hybridized carbons (Fsp3) is 0. The van der Waals surface area contributed by atoms with Crippen molar-refractivity contribution in [2.24, 2.45) is 11.7 Å². The number of nitrogens with one attached hydrogen (secondary N) is 2. The van der Waals surface area contributed by atoms with Crippen LogP contribution in [-0.4, -0.2) is 0 Å². The Hall–Kier alpha value is -1.66. The summed E-state index contributed by atoms with van der Waals surface area (Å²) in [6, 6.07) is 3.20. The molecule has 0 aliphatic rings. The first-order valence-electron chi connectivity index (χ1n) is 3.31. The van der Waals surface area contributed by atoms with Gasteiger partial charge in [0, 0.05) is 0 Å². The molecule has 1 aromatic rings. The number of rotatable bonds is 2. The lowest BCUT2D eigenvalue weighted by atomic mass is 10.2. The highest BCUT2D eigenvalue weighted by Crippen LogP contribution is 2.27. The van der Waals surface area contributed by atoms with Crippen molar-refractivity contribution in [3.63, 3.8) is 0 Å². The molecule has 0 aromatic heterocycles. The van der Waals surface area contributed by atoms with Gasteiger partial charge in [-0.3, -0.25) is 11.7 Å². The van der Waals surface area contributed by atoms with Gasteiger partial charge in [-0.25, -0.2) is 0 Å². The van der Waals surface area contributed by atoms with Gasteiger partial charge in [0.25, 0.3) is 0 Å². The highest BCUT2D eigenvalue weighted by Gasteiger charge is 2.02. The van der Waals surface area contributed by atoms with E-state index in [-0.39, 0.29) is 0 Å². The maximum Gasteiger partial charge on any atom is 0.0738 e. The maximum absolute atomic E-state index is 5.58. The third-order valence-corrected chi connectivity index (χ3v) is 1.53. The minimum atomic E-state index is 0.486. The Morgan fingerprint density at radius 3 is 1.42 bits per heavy atom. The van der Waals surface area contributed by atoms with Crippen molar-refractivity contribution in [1.82, 2.24) is 0 Å². The normalized spacial score (nSPS) is 9.50. The van der Waals surface area contributed by atoms with Crippen molar-refractivity contribution in [3.05, 3.63) is 12.1 Å². The average Bonchev–Trinajstić information content (AvgIpc) is 2.08. The Morgan fingerprint density at radius 1 is 0.833 bits per heavy atom. The number of nitrogens with two attached hydrogens (primary N) is 4. The second kappa shape index (κ2) is 3.16. The molecule has 0 saturated carbocycles. The van der Waals surface area contributed by atoms with E-state index in [1.54, 1.807) is 12.1 Å². The van der Waals surface area contributed by atoms with Crippen LogP contribution in [0.3, 0.4) is 0 Å². The van der Waals surface area contributed by atoms with E-state index in [9.17, 15) is 0 Å². The SMILES string of the molecule is NNc1cc(N)c(NN)cc1N. The summed E-state index contributed by atoms with van der Waals surface area (Å²) in [6.07, 6.45) is 0. The van der Waals surface area contributed by atoms with Crippen LogP contribution in [0.4, 0.5) is 22.7 Å². The highest BCUT2D eigenvalue weighted by atomic mass is 15.2. The molecule has 1 aromatic carbocycles. The molecule has 0 fully saturated rings. The summed E-state index contributed by atoms with van der Waals surface area (Å²) in [5.74, 6) is 10.3. The summed E-state index contributed by atoms with van der Waals surface area (Å²) in [6.45, 7) is 0. The van der Waals surface area contributed by atoms with Gasteiger partial charge in [0.15, 0.2) is 0 Å². The van der Waals surface area contributed by atoms with E-state index in [1.165, 1.54) is 0 Å². The molecule has 0 atom stereocenters. The van der Waals surface area contributed by atoms with E-state index >= 15 is 0 Å². The van der Waals surface area contributed by atoms with Crippen LogP contribution < -0.4 is 34.0 Å². The molecule has 0 heterocycles. The van der Waals surface area contributed by atoms with Crippen LogP contribution in [0.15, 0.2) is 12.1 Å². The van der Waals surface area contributed by atoms with Gasteiger partial charge in [0.1, 0.15) is 0 Å². The van der Waals surface area contributed by atoms with E-state index in [0.29, 0.717) is 22.7 Å². The van der Waals surface area contributed by atoms with Crippen LogP contribution >= 0.6 is 0 Å². The Bertz CT molecular complexity index is 254. The summed E-state index contributed by atoms with van der Waals surface area (Å²) in [5, 5.41) is 0. The van der Waals surface area contributed by atoms with Gasteiger partial charge in [0.05, 0.1) is 22.7 Å². The molecule has 0 radical (unpaired) electrons. The quantitative estimate of drug-likeness (QED) is 0.199. The Balaban J connectivity index is 3.16. The van der Waals surface area contributed by atoms with E-state index in [4.69, 9.17) is 23.2 Å². The molecule has 1 rings (SSSR count). The molecule has 0 aliphatic carbocycles. The third kappa shape index (κ3) is 1.34. The molecular weight excluding hydrogens is 156 g/mol. The monoisotopic (exact) mass is 168 g/mol. The van der Waals surface area contributed by atoms with Crippen molar-refractivity contribution in [1.29, 1.82) is 0 Å². The van der Waals surface area contributed by atoms with Gasteiger partial charge >= 0.3 is 0 Å². The number of hydrogen-bond acceptors (Lipinski definition) is 6. The molecule has 0 bridgehead atoms. The second-order valence-electron chi connectivity index (χ2n) is 2.32. The molecule has 66 valence electrons. The summed E-state index contributed by atoms with van der Waals surface area (Å²) in [4.78, 5) is 0. The van der Waals surface area contributed by atoms with Crippen molar-refractivity contribution in [2.45, 2.75) is 0 Å². The first kappa shape index (κ1) is 8.44. The minimum absolute atomic E-state index is 0.486. The number of nitrogen functional groups attached to an aromatic ring is 4. The number of anilines is 4. The predicted octanol–water partition coefficient (Wildman–Crippen LogP) is -0.578. The van der Waals surface area contributed by atoms with Gasteiger partial charge in [-0.1, -0.05) is 0 Å². The first-order valence-corrected chi connectivity index (χ1v) is 3.31. The van der Waals surface area contributed by atoms with Gasteiger partial charge in [-0.15, -0.1) is 0 Å². The van der Waals surface area contributed by atoms with Crippen LogP contribution in [0.1, 0.15) is 0 Å². The van der Waals surface area contributed by atoms with Crippen LogP contribution in [-0.2, 0) is 0 Å². The first-order chi connectivity index (χ1) is 5.69. The summed E-state index contributed by atoms with van der Waals surface area (Å²) < 4.78 is 0. The third-order valence-electron chi connectivity index (χ3n) is 1.53. The molecule has 12 heavy (non-hydrogen) atoms. The predicted molar refractivity (Wildman–Crippen MR) is 50.9 cm³/mol. The summed E-state index contributed by atoms with van der Waals surface area (Å²) in [7, 11) is 0. The van der Waals surface area contributed by atoms with Crippen LogP contribution in [0.2, 0.25) is 0 Å². The zero-order valence-electron chi connectivity index (χ0n) is 6.46. The van der Waals surface area contributed by atoms with Crippen molar-refractivity contribution < 1.29 is 0 Å². The molecule has 0 aliphatic heterocycles. The fourth-order valence-corrected chi connectivity index (χ4v) is 0.883. The lowest BCUT2D eigenvalue weighted by Crippen LogP contribution is -2.13. The molecule has 10 N–H and O–H groups in total. The molecule has 0 spiro atoms. The largest absolute Gasteiger partial charge is 0.397 e. The summed E-state index contributed by atoms with van der Waals surface area (Å²) in [5.41, 5.74) is 18.1. The molecule has 6 heteroatoms. The smallest absolute Gasteiger partial charge is 0.0738 e. The van der Waals surface area contributed by atoms with E-state index in [0.717, 1.165) is 0 Å². The fourth-order valence-electron chi connectivity index (χ4n) is 0.883. The Morgan fingerprint density at radius 2 is 1.17 bits per heavy atom. The van der Waals surface area contributed by atoms with Crippen LogP contribution in [0.5, 0.6) is 0 Å². The number of hydrazine groups is 2. The van der Waals surface area contributed by atoms with E-state index in [1.807, 2.05) is 0 Å². The maximum atomic E-state index is 5.58. The standard InChI is InChI=1S/C6H12N6/c7-3-1-5(11-9)4(8)2-6(3)12-10/h1-2,11-12H,7-10H2. The molecule has 0 saturated heterocycles. The van der Waals surface area contributed by atoms with Crippen LogP contribution in [0, 0.1) is 0 Å². The van der Waals surface area contributed by atoms with Gasteiger partial charge < -0.3 is 22.3 Å². The highest BCUT2D eigenvalue weighted by molar-refractivity contribution is 5.80. The van der Waals surface area contributed by atoms with Gasteiger partial charge in [0.2, 0.25) is 0 Å². The van der Waals surface area contributed by atoms with E-state index in [2.05, 4.69) is 10.9 Å². The summed E-state index contributed by atoms with van der Waals surface area (Å²) >= 11 is 0. The van der Waals surface area contributed by atoms with Crippen molar-refractivity contribution in [2.75, 3.05) is 22.3 Å². The van der Waals surface area contributed by atoms with Gasteiger partial charge in [-0.05, 0) is 12.1 Å². The minimum Gasteiger partial charge on any atom is -0.397 e. The zero-order valence-corrected chi connectivity index (χ0v) is 6.46. The topological polar surface area (TPSA) is 128 Å². The van der Waals surface area contributed by atoms with Gasteiger partial charge in [-0.2, -0.15) is 0 Å². The van der Waals surface area contributed by atoms with E-state index < -0.39 is 0 Å². The number of hydrogen-bond donors (Lipinski definition) is 6. The zero-order chi connectivity index (χ0) is 9.14. The second-order valence-corrected chi connectivity index (χ2v) is 2.32. The van der Waals surface area contributed by atoms with Crippen LogP contribution in [0.25, 0.3) is 0 Å². The van der Waals surface area contributed by atoms with Crippen molar-refractivity contribution >= 4 is 22.7 Å². The lowest BCUT2D eigenvalue weighted by molar-refractivity contribution is 1.33. The molecular formula is C6H12N6. The average molecular weight is 168 g/mol. The molecule has 6 nitrogen and oxygen atoms in total. The Kier molecular flexibility index (Phi) is 2.22. The Labute approximate surface area is 69.8 Å². The van der Waals surface area contributed by atoms with Crippen molar-refractivity contribution in [3.8, 4) is 0 Å². The number of benzene rings is 1. The molecule has 0 unspecified atom stereocenters. The lowest BCUT2D eigenvalue weighted by Gasteiger charge is -2.09. The molecule has 0 amide bonds.